The second-order valence-corrected chi connectivity index (χ2v) is 2.29. The monoisotopic (exact) mass is 194 g/mol. The fraction of sp³-hybridized carbons (Fsp3) is 0.714. The zero-order chi connectivity index (χ0) is 10.9. The fourth-order valence-corrected chi connectivity index (χ4v) is 0.271. The molecule has 0 heterocycles. The van der Waals surface area contributed by atoms with Crippen molar-refractivity contribution in [3.63, 3.8) is 0 Å². The maximum absolute atomic E-state index is 9.87. The Morgan fingerprint density at radius 1 is 1.23 bits per heavy atom. The van der Waals surface area contributed by atoms with Crippen LogP contribution in [0.25, 0.3) is 0 Å². The zero-order valence-corrected chi connectivity index (χ0v) is 7.30. The molecule has 0 radical (unpaired) electrons. The van der Waals surface area contributed by atoms with Crippen molar-refractivity contribution < 1.29 is 30.0 Å². The third-order valence-electron chi connectivity index (χ3n) is 0.822. The van der Waals surface area contributed by atoms with Crippen molar-refractivity contribution in [1.82, 2.24) is 0 Å². The predicted octanol–water partition coefficient (Wildman–Crippen LogP) is -1.62. The Hall–Kier alpha value is -0.980. The van der Waals surface area contributed by atoms with Gasteiger partial charge >= 0.3 is 5.97 Å². The van der Waals surface area contributed by atoms with Crippen molar-refractivity contribution in [2.75, 3.05) is 13.2 Å². The van der Waals surface area contributed by atoms with E-state index >= 15 is 0 Å². The van der Waals surface area contributed by atoms with E-state index in [9.17, 15) is 9.59 Å². The molecule has 0 bridgehead atoms. The average molecular weight is 194 g/mol. The summed E-state index contributed by atoms with van der Waals surface area (Å²) in [5.74, 6) is -1.37. The van der Waals surface area contributed by atoms with Crippen LogP contribution in [0.2, 0.25) is 0 Å². The molecule has 0 fully saturated rings. The maximum atomic E-state index is 9.87. The summed E-state index contributed by atoms with van der Waals surface area (Å²) >= 11 is 0. The van der Waals surface area contributed by atoms with Gasteiger partial charge in [0.25, 0.3) is 0 Å². The smallest absolute Gasteiger partial charge is 0.310 e. The highest BCUT2D eigenvalue weighted by molar-refractivity contribution is 5.93. The topological polar surface area (TPSA) is 115 Å². The second-order valence-electron chi connectivity index (χ2n) is 2.29. The Balaban J connectivity index is 0. The highest BCUT2D eigenvalue weighted by Crippen LogP contribution is 1.77. The third-order valence-corrected chi connectivity index (χ3v) is 0.822. The van der Waals surface area contributed by atoms with E-state index in [0.29, 0.717) is 0 Å². The van der Waals surface area contributed by atoms with E-state index in [4.69, 9.17) is 20.4 Å². The van der Waals surface area contributed by atoms with Crippen LogP contribution in [0.4, 0.5) is 0 Å². The molecule has 0 atom stereocenters. The average Bonchev–Trinajstić information content (AvgIpc) is 2.01. The lowest BCUT2D eigenvalue weighted by Gasteiger charge is -1.96. The summed E-state index contributed by atoms with van der Waals surface area (Å²) in [5, 5.41) is 31.9. The van der Waals surface area contributed by atoms with Gasteiger partial charge in [0.2, 0.25) is 0 Å². The Labute approximate surface area is 75.4 Å². The molecule has 0 rings (SSSR count). The van der Waals surface area contributed by atoms with E-state index in [0.717, 1.165) is 0 Å². The normalized spacial score (nSPS) is 9.00. The first kappa shape index (κ1) is 14.5. The summed E-state index contributed by atoms with van der Waals surface area (Å²) < 4.78 is 0. The van der Waals surface area contributed by atoms with Gasteiger partial charge in [0, 0.05) is 0 Å². The number of rotatable bonds is 4. The molecule has 0 aliphatic rings. The number of hydrogen-bond donors (Lipinski definition) is 4. The number of carboxylic acid groups (broad SMARTS) is 1. The predicted molar refractivity (Wildman–Crippen MR) is 43.1 cm³/mol. The Kier molecular flexibility index (Phi) is 10.2. The number of aliphatic carboxylic acids is 1. The summed E-state index contributed by atoms with van der Waals surface area (Å²) in [6.07, 6.45) is -1.31. The summed E-state index contributed by atoms with van der Waals surface area (Å²) in [6.45, 7) is 0.515. The van der Waals surface area contributed by atoms with Gasteiger partial charge in [-0.2, -0.15) is 0 Å². The highest BCUT2D eigenvalue weighted by Gasteiger charge is 1.98. The molecule has 4 N–H and O–H groups in total. The lowest BCUT2D eigenvalue weighted by Crippen LogP contribution is -2.15. The molecule has 0 aromatic heterocycles. The number of carbonyl (C=O) groups is 2. The molecule has 0 spiro atoms. The maximum Gasteiger partial charge on any atom is 0.310 e. The number of carbonyl (C=O) groups excluding carboxylic acids is 1. The van der Waals surface area contributed by atoms with Gasteiger partial charge in [-0.1, -0.05) is 0 Å². The SMILES string of the molecule is CC(=O)CC(=O)O.OCC(O)CO. The molecule has 13 heavy (non-hydrogen) atoms. The van der Waals surface area contributed by atoms with Gasteiger partial charge in [-0.05, 0) is 6.92 Å². The van der Waals surface area contributed by atoms with Gasteiger partial charge in [0.05, 0.1) is 13.2 Å². The van der Waals surface area contributed by atoms with E-state index in [1.54, 1.807) is 0 Å². The molecule has 78 valence electrons. The van der Waals surface area contributed by atoms with Crippen molar-refractivity contribution in [2.45, 2.75) is 19.4 Å². The van der Waals surface area contributed by atoms with Gasteiger partial charge in [-0.3, -0.25) is 9.59 Å². The van der Waals surface area contributed by atoms with Crippen LogP contribution in [0.15, 0.2) is 0 Å². The Bertz CT molecular complexity index is 139. The van der Waals surface area contributed by atoms with Crippen molar-refractivity contribution in [3.8, 4) is 0 Å². The van der Waals surface area contributed by atoms with Crippen molar-refractivity contribution in [2.24, 2.45) is 0 Å². The summed E-state index contributed by atoms with van der Waals surface area (Å²) in [5.41, 5.74) is 0. The molecule has 0 aliphatic carbocycles. The highest BCUT2D eigenvalue weighted by atomic mass is 16.4. The summed E-state index contributed by atoms with van der Waals surface area (Å²) in [7, 11) is 0. The molecule has 0 saturated carbocycles. The molecule has 0 aliphatic heterocycles. The minimum Gasteiger partial charge on any atom is -0.481 e. The molecule has 6 nitrogen and oxygen atoms in total. The Morgan fingerprint density at radius 3 is 1.62 bits per heavy atom. The summed E-state index contributed by atoms with van der Waals surface area (Å²) in [6, 6.07) is 0. The van der Waals surface area contributed by atoms with Gasteiger partial charge in [0.15, 0.2) is 0 Å². The van der Waals surface area contributed by atoms with Crippen LogP contribution in [0.1, 0.15) is 13.3 Å². The van der Waals surface area contributed by atoms with Crippen LogP contribution in [-0.4, -0.2) is 51.5 Å². The molecule has 6 heteroatoms. The van der Waals surface area contributed by atoms with Crippen LogP contribution in [-0.2, 0) is 9.59 Å². The standard InChI is InChI=1S/C4H6O3.C3H8O3/c1-3(5)2-4(6)7;4-1-3(6)2-5/h2H2,1H3,(H,6,7);3-6H,1-2H2. The van der Waals surface area contributed by atoms with Gasteiger partial charge in [-0.15, -0.1) is 0 Å². The van der Waals surface area contributed by atoms with Crippen LogP contribution >= 0.6 is 0 Å². The molecule has 0 aromatic rings. The number of aliphatic hydroxyl groups excluding tert-OH is 3. The van der Waals surface area contributed by atoms with Crippen LogP contribution in [0, 0.1) is 0 Å². The number of Topliss-reactive ketones (excluding diaryl/α,β-unsaturated/α-hetero) is 1. The fourth-order valence-electron chi connectivity index (χ4n) is 0.271. The first-order chi connectivity index (χ1) is 5.93. The molecular weight excluding hydrogens is 180 g/mol. The Morgan fingerprint density at radius 2 is 1.62 bits per heavy atom. The molecule has 0 amide bonds. The second kappa shape index (κ2) is 9.11. The minimum atomic E-state index is -1.06. The van der Waals surface area contributed by atoms with E-state index in [2.05, 4.69) is 0 Å². The molecule has 0 aromatic carbocycles. The van der Waals surface area contributed by atoms with E-state index < -0.39 is 12.1 Å². The lowest BCUT2D eigenvalue weighted by atomic mass is 10.3. The first-order valence-corrected chi connectivity index (χ1v) is 3.55. The number of ketones is 1. The van der Waals surface area contributed by atoms with Crippen molar-refractivity contribution in [1.29, 1.82) is 0 Å². The van der Waals surface area contributed by atoms with Gasteiger partial charge in [0.1, 0.15) is 18.3 Å². The zero-order valence-electron chi connectivity index (χ0n) is 7.30. The number of carboxylic acids is 1. The van der Waals surface area contributed by atoms with E-state index in [-0.39, 0.29) is 25.4 Å². The quantitative estimate of drug-likeness (QED) is 0.400. The molecule has 0 unspecified atom stereocenters. The van der Waals surface area contributed by atoms with Crippen molar-refractivity contribution >= 4 is 11.8 Å². The van der Waals surface area contributed by atoms with Crippen LogP contribution < -0.4 is 0 Å². The van der Waals surface area contributed by atoms with Gasteiger partial charge in [-0.25, -0.2) is 0 Å². The molecular formula is C7H14O6. The van der Waals surface area contributed by atoms with E-state index in [1.807, 2.05) is 0 Å². The largest absolute Gasteiger partial charge is 0.481 e. The minimum absolute atomic E-state index is 0.312. The van der Waals surface area contributed by atoms with Crippen LogP contribution in [0.3, 0.4) is 0 Å². The van der Waals surface area contributed by atoms with Gasteiger partial charge < -0.3 is 20.4 Å². The lowest BCUT2D eigenvalue weighted by molar-refractivity contribution is -0.139. The third kappa shape index (κ3) is 18.2. The summed E-state index contributed by atoms with van der Waals surface area (Å²) in [4.78, 5) is 19.5. The van der Waals surface area contributed by atoms with Crippen LogP contribution in [0.5, 0.6) is 0 Å². The number of hydrogen-bond acceptors (Lipinski definition) is 5. The van der Waals surface area contributed by atoms with E-state index in [1.165, 1.54) is 6.92 Å². The van der Waals surface area contributed by atoms with Crippen molar-refractivity contribution in [3.05, 3.63) is 0 Å². The number of aliphatic hydroxyl groups is 3. The first-order valence-electron chi connectivity index (χ1n) is 3.55. The molecule has 0 saturated heterocycles.